The number of aromatic nitrogens is 2. The largest absolute Gasteiger partial charge is 0.497 e. The molecule has 0 saturated heterocycles. The minimum absolute atomic E-state index is 0.157. The first-order valence-electron chi connectivity index (χ1n) is 5.76. The smallest absolute Gasteiger partial charge is 0.276 e. The Morgan fingerprint density at radius 3 is 2.55 bits per heavy atom. The molecule has 7 heteroatoms. The first-order chi connectivity index (χ1) is 9.63. The van der Waals surface area contributed by atoms with E-state index >= 15 is 0 Å². The highest BCUT2D eigenvalue weighted by atomic mass is 16.5. The highest BCUT2D eigenvalue weighted by Crippen LogP contribution is 2.29. The molecule has 0 spiro atoms. The maximum absolute atomic E-state index is 12.0. The fraction of sp³-hybridized carbons (Fsp3) is 0.154. The van der Waals surface area contributed by atoms with Gasteiger partial charge in [0.15, 0.2) is 5.69 Å². The van der Waals surface area contributed by atoms with Crippen molar-refractivity contribution in [3.8, 4) is 11.5 Å². The molecule has 0 bridgehead atoms. The molecule has 1 aromatic carbocycles. The number of nitrogens with zero attached hydrogens (tertiary/aromatic N) is 2. The van der Waals surface area contributed by atoms with E-state index in [2.05, 4.69) is 15.5 Å². The van der Waals surface area contributed by atoms with Crippen LogP contribution in [0.15, 0.2) is 30.3 Å². The summed E-state index contributed by atoms with van der Waals surface area (Å²) in [6, 6.07) is 8.08. The lowest BCUT2D eigenvalue weighted by molar-refractivity contribution is 0.102. The molecule has 1 heterocycles. The number of carbonyl (C=O) groups is 1. The molecule has 0 atom stereocenters. The van der Waals surface area contributed by atoms with E-state index in [-0.39, 0.29) is 11.5 Å². The number of benzene rings is 1. The topological polar surface area (TPSA) is 99.4 Å². The number of hydrogen-bond donors (Lipinski definition) is 2. The monoisotopic (exact) mass is 274 g/mol. The lowest BCUT2D eigenvalue weighted by Crippen LogP contribution is -2.15. The molecule has 0 aliphatic heterocycles. The molecule has 2 rings (SSSR count). The zero-order valence-electron chi connectivity index (χ0n) is 11.1. The predicted molar refractivity (Wildman–Crippen MR) is 73.9 cm³/mol. The third-order valence-electron chi connectivity index (χ3n) is 2.57. The molecule has 0 fully saturated rings. The second kappa shape index (κ2) is 5.87. The summed E-state index contributed by atoms with van der Waals surface area (Å²) in [4.78, 5) is 12.0. The van der Waals surface area contributed by atoms with Crippen molar-refractivity contribution < 1.29 is 14.3 Å². The highest BCUT2D eigenvalue weighted by molar-refractivity contribution is 6.03. The van der Waals surface area contributed by atoms with Gasteiger partial charge in [0.25, 0.3) is 5.91 Å². The van der Waals surface area contributed by atoms with Gasteiger partial charge in [-0.3, -0.25) is 4.79 Å². The van der Waals surface area contributed by atoms with Crippen LogP contribution in [-0.4, -0.2) is 30.3 Å². The van der Waals surface area contributed by atoms with Gasteiger partial charge in [-0.05, 0) is 24.3 Å². The average molecular weight is 274 g/mol. The zero-order chi connectivity index (χ0) is 14.5. The van der Waals surface area contributed by atoms with Crippen molar-refractivity contribution in [3.63, 3.8) is 0 Å². The van der Waals surface area contributed by atoms with Gasteiger partial charge in [-0.25, -0.2) is 0 Å². The van der Waals surface area contributed by atoms with Crippen LogP contribution in [-0.2, 0) is 0 Å². The number of methoxy groups -OCH3 is 2. The van der Waals surface area contributed by atoms with Crippen molar-refractivity contribution >= 4 is 17.4 Å². The lowest BCUT2D eigenvalue weighted by atomic mass is 10.2. The Bertz CT molecular complexity index is 614. The van der Waals surface area contributed by atoms with Crippen LogP contribution in [0.4, 0.5) is 11.5 Å². The van der Waals surface area contributed by atoms with E-state index in [1.165, 1.54) is 19.2 Å². The van der Waals surface area contributed by atoms with Crippen LogP contribution in [0.3, 0.4) is 0 Å². The van der Waals surface area contributed by atoms with Crippen LogP contribution in [0.1, 0.15) is 10.5 Å². The second-order valence-corrected chi connectivity index (χ2v) is 3.86. The number of nitrogens with two attached hydrogens (primary N) is 1. The normalized spacial score (nSPS) is 9.90. The molecule has 1 aromatic heterocycles. The quantitative estimate of drug-likeness (QED) is 0.872. The summed E-state index contributed by atoms with van der Waals surface area (Å²) < 4.78 is 10.3. The fourth-order valence-corrected chi connectivity index (χ4v) is 1.56. The summed E-state index contributed by atoms with van der Waals surface area (Å²) in [7, 11) is 3.05. The molecule has 1 amide bonds. The van der Waals surface area contributed by atoms with Gasteiger partial charge in [-0.1, -0.05) is 0 Å². The van der Waals surface area contributed by atoms with E-state index in [0.29, 0.717) is 17.2 Å². The number of amides is 1. The Hall–Kier alpha value is -2.83. The predicted octanol–water partition coefficient (Wildman–Crippen LogP) is 1.33. The Morgan fingerprint density at radius 2 is 1.95 bits per heavy atom. The lowest BCUT2D eigenvalue weighted by Gasteiger charge is -2.11. The average Bonchev–Trinajstić information content (AvgIpc) is 2.47. The molecule has 104 valence electrons. The van der Waals surface area contributed by atoms with Crippen molar-refractivity contribution in [1.82, 2.24) is 10.2 Å². The van der Waals surface area contributed by atoms with E-state index in [4.69, 9.17) is 15.2 Å². The third-order valence-corrected chi connectivity index (χ3v) is 2.57. The van der Waals surface area contributed by atoms with Gasteiger partial charge in [0.05, 0.1) is 19.9 Å². The number of hydrogen-bond acceptors (Lipinski definition) is 6. The molecule has 0 radical (unpaired) electrons. The van der Waals surface area contributed by atoms with E-state index in [1.54, 1.807) is 25.3 Å². The van der Waals surface area contributed by atoms with Crippen molar-refractivity contribution in [2.75, 3.05) is 25.3 Å². The summed E-state index contributed by atoms with van der Waals surface area (Å²) in [5.74, 6) is 0.955. The zero-order valence-corrected chi connectivity index (χ0v) is 11.1. The minimum atomic E-state index is -0.413. The SMILES string of the molecule is COc1ccc(OC)c(NC(=O)c2ccc(N)nn2)c1. The van der Waals surface area contributed by atoms with Gasteiger partial charge >= 0.3 is 0 Å². The summed E-state index contributed by atoms with van der Waals surface area (Å²) in [6.07, 6.45) is 0. The summed E-state index contributed by atoms with van der Waals surface area (Å²) >= 11 is 0. The van der Waals surface area contributed by atoms with E-state index < -0.39 is 5.91 Å². The van der Waals surface area contributed by atoms with Crippen LogP contribution in [0.5, 0.6) is 11.5 Å². The Kier molecular flexibility index (Phi) is 3.99. The first-order valence-corrected chi connectivity index (χ1v) is 5.76. The van der Waals surface area contributed by atoms with Crippen molar-refractivity contribution in [2.45, 2.75) is 0 Å². The van der Waals surface area contributed by atoms with Crippen LogP contribution in [0.25, 0.3) is 0 Å². The van der Waals surface area contributed by atoms with Crippen molar-refractivity contribution in [3.05, 3.63) is 36.0 Å². The van der Waals surface area contributed by atoms with Gasteiger partial charge in [0, 0.05) is 6.07 Å². The van der Waals surface area contributed by atoms with Crippen LogP contribution in [0.2, 0.25) is 0 Å². The molecule has 0 aliphatic rings. The number of carbonyl (C=O) groups excluding carboxylic acids is 1. The Morgan fingerprint density at radius 1 is 1.15 bits per heavy atom. The highest BCUT2D eigenvalue weighted by Gasteiger charge is 2.12. The van der Waals surface area contributed by atoms with Gasteiger partial charge < -0.3 is 20.5 Å². The van der Waals surface area contributed by atoms with Gasteiger partial charge in [-0.15, -0.1) is 10.2 Å². The number of nitrogens with one attached hydrogen (secondary N) is 1. The molecule has 0 saturated carbocycles. The maximum Gasteiger partial charge on any atom is 0.276 e. The molecule has 2 aromatic rings. The number of anilines is 2. The fourth-order valence-electron chi connectivity index (χ4n) is 1.56. The summed E-state index contributed by atoms with van der Waals surface area (Å²) in [5, 5.41) is 10.0. The van der Waals surface area contributed by atoms with Crippen LogP contribution < -0.4 is 20.5 Å². The van der Waals surface area contributed by atoms with Crippen molar-refractivity contribution in [2.24, 2.45) is 0 Å². The van der Waals surface area contributed by atoms with Crippen LogP contribution in [0, 0.1) is 0 Å². The molecule has 0 aliphatic carbocycles. The first kappa shape index (κ1) is 13.6. The molecule has 20 heavy (non-hydrogen) atoms. The van der Waals surface area contributed by atoms with Crippen molar-refractivity contribution in [1.29, 1.82) is 0 Å². The molecular weight excluding hydrogens is 260 g/mol. The van der Waals surface area contributed by atoms with E-state index in [0.717, 1.165) is 0 Å². The maximum atomic E-state index is 12.0. The van der Waals surface area contributed by atoms with Gasteiger partial charge in [0.2, 0.25) is 0 Å². The molecule has 3 N–H and O–H groups in total. The molecule has 0 unspecified atom stereocenters. The number of ether oxygens (including phenoxy) is 2. The Labute approximate surface area is 115 Å². The standard InChI is InChI=1S/C13H14N4O3/c1-19-8-3-5-11(20-2)10(7-8)15-13(18)9-4-6-12(14)17-16-9/h3-7H,1-2H3,(H2,14,17)(H,15,18). The van der Waals surface area contributed by atoms with Gasteiger partial charge in [0.1, 0.15) is 17.3 Å². The van der Waals surface area contributed by atoms with Gasteiger partial charge in [-0.2, -0.15) is 0 Å². The molecule has 7 nitrogen and oxygen atoms in total. The third kappa shape index (κ3) is 2.94. The Balaban J connectivity index is 2.24. The van der Waals surface area contributed by atoms with E-state index in [9.17, 15) is 4.79 Å². The summed E-state index contributed by atoms with van der Waals surface area (Å²) in [6.45, 7) is 0. The van der Waals surface area contributed by atoms with E-state index in [1.807, 2.05) is 0 Å². The van der Waals surface area contributed by atoms with Crippen LogP contribution >= 0.6 is 0 Å². The number of rotatable bonds is 4. The number of nitrogen functional groups attached to an aromatic ring is 1. The molecular formula is C13H14N4O3. The second-order valence-electron chi connectivity index (χ2n) is 3.86. The summed E-state index contributed by atoms with van der Waals surface area (Å²) in [5.41, 5.74) is 6.06. The minimum Gasteiger partial charge on any atom is -0.497 e.